The molecule has 2 rings (SSSR count). The van der Waals surface area contributed by atoms with Gasteiger partial charge in [-0.2, -0.15) is 0 Å². The van der Waals surface area contributed by atoms with Gasteiger partial charge in [-0.05, 0) is 47.5 Å². The van der Waals surface area contributed by atoms with Gasteiger partial charge in [0.05, 0.1) is 0 Å². The highest BCUT2D eigenvalue weighted by Crippen LogP contribution is 2.30. The number of rotatable bonds is 6. The van der Waals surface area contributed by atoms with Crippen LogP contribution in [0.1, 0.15) is 19.4 Å². The van der Waals surface area contributed by atoms with Gasteiger partial charge in [0.25, 0.3) is 0 Å². The average Bonchev–Trinajstić information content (AvgIpc) is 2.49. The zero-order valence-corrected chi connectivity index (χ0v) is 13.3. The molecule has 20 heavy (non-hydrogen) atoms. The van der Waals surface area contributed by atoms with Crippen LogP contribution in [0.4, 0.5) is 11.6 Å². The predicted octanol–water partition coefficient (Wildman–Crippen LogP) is 3.09. The Morgan fingerprint density at radius 1 is 1.20 bits per heavy atom. The van der Waals surface area contributed by atoms with Crippen molar-refractivity contribution in [3.8, 4) is 0 Å². The van der Waals surface area contributed by atoms with E-state index in [2.05, 4.69) is 48.0 Å². The first-order valence-corrected chi connectivity index (χ1v) is 7.43. The highest BCUT2D eigenvalue weighted by molar-refractivity contribution is 9.10. The summed E-state index contributed by atoms with van der Waals surface area (Å²) in [6.07, 6.45) is 5.21. The van der Waals surface area contributed by atoms with E-state index < -0.39 is 0 Å². The Labute approximate surface area is 127 Å². The molecule has 106 valence electrons. The van der Waals surface area contributed by atoms with E-state index in [1.54, 1.807) is 6.33 Å². The minimum atomic E-state index is 0.792. The molecule has 0 aliphatic carbocycles. The first-order chi connectivity index (χ1) is 9.76. The largest absolute Gasteiger partial charge is 0.369 e. The molecule has 0 spiro atoms. The number of nitrogens with zero attached hydrogens (tertiary/aromatic N) is 4. The van der Waals surface area contributed by atoms with Gasteiger partial charge in [-0.3, -0.25) is 4.98 Å². The van der Waals surface area contributed by atoms with Gasteiger partial charge in [0.1, 0.15) is 22.4 Å². The summed E-state index contributed by atoms with van der Waals surface area (Å²) in [7, 11) is 0. The van der Waals surface area contributed by atoms with Crippen molar-refractivity contribution in [1.82, 2.24) is 15.0 Å². The lowest BCUT2D eigenvalue weighted by Gasteiger charge is -2.23. The van der Waals surface area contributed by atoms with Crippen molar-refractivity contribution in [2.45, 2.75) is 20.4 Å². The van der Waals surface area contributed by atoms with E-state index in [1.807, 2.05) is 31.5 Å². The smallest absolute Gasteiger partial charge is 0.148 e. The maximum atomic E-state index is 4.40. The van der Waals surface area contributed by atoms with Crippen LogP contribution in [-0.4, -0.2) is 28.0 Å². The Morgan fingerprint density at radius 2 is 1.95 bits per heavy atom. The number of hydrogen-bond donors (Lipinski definition) is 1. The third-order valence-electron chi connectivity index (χ3n) is 2.92. The summed E-state index contributed by atoms with van der Waals surface area (Å²) in [5.41, 5.74) is 1.21. The minimum absolute atomic E-state index is 0.792. The summed E-state index contributed by atoms with van der Waals surface area (Å²) in [6, 6.07) is 4.03. The maximum Gasteiger partial charge on any atom is 0.148 e. The molecule has 2 heterocycles. The summed E-state index contributed by atoms with van der Waals surface area (Å²) >= 11 is 3.60. The van der Waals surface area contributed by atoms with Crippen molar-refractivity contribution in [3.63, 3.8) is 0 Å². The summed E-state index contributed by atoms with van der Waals surface area (Å²) in [6.45, 7) is 6.64. The molecule has 2 aromatic rings. The molecule has 0 aromatic carbocycles. The molecule has 0 unspecified atom stereocenters. The molecular formula is C14H18BrN5. The van der Waals surface area contributed by atoms with Gasteiger partial charge in [0.2, 0.25) is 0 Å². The lowest BCUT2D eigenvalue weighted by molar-refractivity contribution is 0.805. The van der Waals surface area contributed by atoms with Crippen LogP contribution in [0.2, 0.25) is 0 Å². The van der Waals surface area contributed by atoms with Gasteiger partial charge in [0.15, 0.2) is 0 Å². The third kappa shape index (κ3) is 3.45. The van der Waals surface area contributed by atoms with Crippen molar-refractivity contribution >= 4 is 27.6 Å². The van der Waals surface area contributed by atoms with Crippen molar-refractivity contribution in [3.05, 3.63) is 40.9 Å². The first-order valence-electron chi connectivity index (χ1n) is 6.64. The van der Waals surface area contributed by atoms with Crippen LogP contribution in [-0.2, 0) is 6.54 Å². The van der Waals surface area contributed by atoms with Crippen molar-refractivity contribution in [2.75, 3.05) is 23.3 Å². The molecule has 0 radical (unpaired) electrons. The van der Waals surface area contributed by atoms with Gasteiger partial charge >= 0.3 is 0 Å². The van der Waals surface area contributed by atoms with Crippen molar-refractivity contribution in [2.24, 2.45) is 0 Å². The molecule has 5 nitrogen and oxygen atoms in total. The molecule has 6 heteroatoms. The number of aromatic nitrogens is 3. The Balaban J connectivity index is 2.25. The molecule has 0 bridgehead atoms. The fourth-order valence-corrected chi connectivity index (χ4v) is 2.51. The van der Waals surface area contributed by atoms with E-state index in [4.69, 9.17) is 0 Å². The Morgan fingerprint density at radius 3 is 2.60 bits per heavy atom. The summed E-state index contributed by atoms with van der Waals surface area (Å²) in [4.78, 5) is 14.9. The van der Waals surface area contributed by atoms with Crippen LogP contribution < -0.4 is 10.2 Å². The van der Waals surface area contributed by atoms with Crippen molar-refractivity contribution < 1.29 is 0 Å². The second kappa shape index (κ2) is 7.19. The zero-order chi connectivity index (χ0) is 14.4. The number of hydrogen-bond acceptors (Lipinski definition) is 5. The third-order valence-corrected chi connectivity index (χ3v) is 3.65. The minimum Gasteiger partial charge on any atom is -0.369 e. The molecule has 0 aliphatic rings. The highest BCUT2D eigenvalue weighted by atomic mass is 79.9. The van der Waals surface area contributed by atoms with E-state index in [0.29, 0.717) is 0 Å². The van der Waals surface area contributed by atoms with E-state index in [0.717, 1.165) is 35.7 Å². The quantitative estimate of drug-likeness (QED) is 0.879. The Bertz CT molecular complexity index is 547. The fraction of sp³-hybridized carbons (Fsp3) is 0.357. The van der Waals surface area contributed by atoms with Crippen molar-refractivity contribution in [1.29, 1.82) is 0 Å². The zero-order valence-electron chi connectivity index (χ0n) is 11.7. The molecule has 2 aromatic heterocycles. The van der Waals surface area contributed by atoms with Crippen LogP contribution in [0.15, 0.2) is 35.3 Å². The number of halogens is 1. The van der Waals surface area contributed by atoms with E-state index in [1.165, 1.54) is 5.56 Å². The van der Waals surface area contributed by atoms with Gasteiger partial charge < -0.3 is 10.2 Å². The average molecular weight is 336 g/mol. The number of anilines is 2. The molecule has 0 fully saturated rings. The molecule has 0 saturated heterocycles. The Hall–Kier alpha value is -1.69. The monoisotopic (exact) mass is 335 g/mol. The predicted molar refractivity (Wildman–Crippen MR) is 84.9 cm³/mol. The normalized spacial score (nSPS) is 10.3. The van der Waals surface area contributed by atoms with E-state index in [-0.39, 0.29) is 0 Å². The molecule has 0 atom stereocenters. The molecule has 1 N–H and O–H groups in total. The molecular weight excluding hydrogens is 318 g/mol. The first kappa shape index (κ1) is 14.7. The fourth-order valence-electron chi connectivity index (χ4n) is 1.92. The van der Waals surface area contributed by atoms with Gasteiger partial charge in [-0.15, -0.1) is 0 Å². The topological polar surface area (TPSA) is 53.9 Å². The summed E-state index contributed by atoms with van der Waals surface area (Å²) < 4.78 is 0.901. The maximum absolute atomic E-state index is 4.40. The molecule has 0 saturated carbocycles. The van der Waals surface area contributed by atoms with Crippen LogP contribution in [0.5, 0.6) is 0 Å². The van der Waals surface area contributed by atoms with Crippen LogP contribution in [0.25, 0.3) is 0 Å². The van der Waals surface area contributed by atoms with E-state index >= 15 is 0 Å². The lowest BCUT2D eigenvalue weighted by atomic mass is 10.2. The van der Waals surface area contributed by atoms with Crippen LogP contribution >= 0.6 is 15.9 Å². The Kier molecular flexibility index (Phi) is 5.29. The second-order valence-corrected chi connectivity index (χ2v) is 5.05. The number of nitrogens with one attached hydrogen (secondary N) is 1. The number of pyridine rings is 1. The highest BCUT2D eigenvalue weighted by Gasteiger charge is 2.14. The van der Waals surface area contributed by atoms with Gasteiger partial charge in [0, 0.05) is 32.0 Å². The van der Waals surface area contributed by atoms with Gasteiger partial charge in [-0.1, -0.05) is 0 Å². The van der Waals surface area contributed by atoms with Crippen LogP contribution in [0.3, 0.4) is 0 Å². The standard InChI is InChI=1S/C14H18BrN5/c1-3-17-13-12(15)14(19-10-18-13)20(4-2)9-11-5-7-16-8-6-11/h5-8,10H,3-4,9H2,1-2H3,(H,17,18,19). The second-order valence-electron chi connectivity index (χ2n) is 4.26. The van der Waals surface area contributed by atoms with Crippen LogP contribution in [0, 0.1) is 0 Å². The van der Waals surface area contributed by atoms with E-state index in [9.17, 15) is 0 Å². The summed E-state index contributed by atoms with van der Waals surface area (Å²) in [5, 5.41) is 3.22. The summed E-state index contributed by atoms with van der Waals surface area (Å²) in [5.74, 6) is 1.72. The van der Waals surface area contributed by atoms with Gasteiger partial charge in [-0.25, -0.2) is 9.97 Å². The lowest BCUT2D eigenvalue weighted by Crippen LogP contribution is -2.24. The SMILES string of the molecule is CCNc1ncnc(N(CC)Cc2ccncc2)c1Br. The molecule has 0 amide bonds. The molecule has 0 aliphatic heterocycles.